The van der Waals surface area contributed by atoms with E-state index in [9.17, 15) is 23.2 Å². The highest BCUT2D eigenvalue weighted by molar-refractivity contribution is 6.09. The topological polar surface area (TPSA) is 105 Å². The zero-order chi connectivity index (χ0) is 15.7. The van der Waals surface area contributed by atoms with Crippen LogP contribution in [0.2, 0.25) is 0 Å². The van der Waals surface area contributed by atoms with Gasteiger partial charge in [-0.15, -0.1) is 12.4 Å². The van der Waals surface area contributed by atoms with Gasteiger partial charge in [0.1, 0.15) is 12.1 Å². The lowest BCUT2D eigenvalue weighted by atomic mass is 9.98. The molecule has 0 bridgehead atoms. The Bertz CT molecular complexity index is 469. The summed E-state index contributed by atoms with van der Waals surface area (Å²) in [4.78, 5) is 36.4. The van der Waals surface area contributed by atoms with Crippen LogP contribution in [0.1, 0.15) is 25.7 Å². The third-order valence-corrected chi connectivity index (χ3v) is 3.85. The van der Waals surface area contributed by atoms with Crippen LogP contribution in [0, 0.1) is 0 Å². The van der Waals surface area contributed by atoms with Gasteiger partial charge in [-0.2, -0.15) is 0 Å². The average Bonchev–Trinajstić information content (AvgIpc) is 2.99. The summed E-state index contributed by atoms with van der Waals surface area (Å²) in [6.07, 6.45) is 2.74. The normalized spacial score (nSPS) is 20.0. The summed E-state index contributed by atoms with van der Waals surface area (Å²) in [5.74, 6) is -4.48. The van der Waals surface area contributed by atoms with E-state index in [4.69, 9.17) is 5.73 Å². The molecule has 4 amide bonds. The predicted molar refractivity (Wildman–Crippen MR) is 75.7 cm³/mol. The quantitative estimate of drug-likeness (QED) is 0.612. The minimum Gasteiger partial charge on any atom is -0.348 e. The number of nitrogens with zero attached hydrogens (tertiary/aromatic N) is 1. The van der Waals surface area contributed by atoms with Crippen LogP contribution >= 0.6 is 12.4 Å². The second-order valence-electron chi connectivity index (χ2n) is 5.45. The molecule has 2 rings (SSSR count). The van der Waals surface area contributed by atoms with Crippen molar-refractivity contribution in [3.8, 4) is 0 Å². The molecule has 1 aliphatic carbocycles. The van der Waals surface area contributed by atoms with Crippen molar-refractivity contribution in [2.45, 2.75) is 37.1 Å². The molecular weight excluding hydrogens is 322 g/mol. The number of alkyl halides is 2. The van der Waals surface area contributed by atoms with Gasteiger partial charge in [0.2, 0.25) is 5.91 Å². The molecular formula is C12H19ClF2N4O3. The maximum absolute atomic E-state index is 12.9. The molecule has 0 unspecified atom stereocenters. The summed E-state index contributed by atoms with van der Waals surface area (Å²) in [6, 6.07) is -0.650. The molecule has 1 spiro atoms. The zero-order valence-electron chi connectivity index (χ0n) is 11.9. The maximum Gasteiger partial charge on any atom is 0.325 e. The summed E-state index contributed by atoms with van der Waals surface area (Å²) < 4.78 is 25.8. The minimum absolute atomic E-state index is 0. The number of nitrogens with two attached hydrogens (primary N) is 1. The first-order valence-corrected chi connectivity index (χ1v) is 6.78. The molecule has 1 aliphatic heterocycles. The van der Waals surface area contributed by atoms with Crippen LogP contribution in [0.4, 0.5) is 13.6 Å². The van der Waals surface area contributed by atoms with Gasteiger partial charge in [0, 0.05) is 0 Å². The largest absolute Gasteiger partial charge is 0.348 e. The van der Waals surface area contributed by atoms with Gasteiger partial charge in [0.15, 0.2) is 0 Å². The lowest BCUT2D eigenvalue weighted by Crippen LogP contribution is -2.47. The summed E-state index contributed by atoms with van der Waals surface area (Å²) in [6.45, 7) is -2.37. The van der Waals surface area contributed by atoms with E-state index in [0.29, 0.717) is 12.8 Å². The zero-order valence-corrected chi connectivity index (χ0v) is 12.7. The highest BCUT2D eigenvalue weighted by Gasteiger charge is 2.52. The van der Waals surface area contributed by atoms with Crippen molar-refractivity contribution in [3.63, 3.8) is 0 Å². The van der Waals surface area contributed by atoms with E-state index in [1.807, 2.05) is 5.32 Å². The summed E-state index contributed by atoms with van der Waals surface area (Å²) in [5.41, 5.74) is 3.94. The minimum atomic E-state index is -3.21. The van der Waals surface area contributed by atoms with Crippen molar-refractivity contribution in [1.29, 1.82) is 0 Å². The number of hydrogen-bond acceptors (Lipinski definition) is 4. The van der Waals surface area contributed by atoms with E-state index < -0.39 is 48.9 Å². The molecule has 1 heterocycles. The van der Waals surface area contributed by atoms with E-state index in [-0.39, 0.29) is 12.4 Å². The Morgan fingerprint density at radius 1 is 1.36 bits per heavy atom. The lowest BCUT2D eigenvalue weighted by molar-refractivity contribution is -0.135. The number of halogens is 3. The van der Waals surface area contributed by atoms with Gasteiger partial charge in [0.05, 0.1) is 13.1 Å². The molecule has 1 saturated heterocycles. The fourth-order valence-electron chi connectivity index (χ4n) is 2.64. The summed E-state index contributed by atoms with van der Waals surface area (Å²) in [7, 11) is 0. The van der Waals surface area contributed by atoms with E-state index in [1.54, 1.807) is 0 Å². The smallest absolute Gasteiger partial charge is 0.325 e. The van der Waals surface area contributed by atoms with Gasteiger partial charge >= 0.3 is 6.03 Å². The van der Waals surface area contributed by atoms with Crippen LogP contribution in [0.5, 0.6) is 0 Å². The van der Waals surface area contributed by atoms with E-state index in [2.05, 4.69) is 5.32 Å². The first-order valence-electron chi connectivity index (χ1n) is 6.78. The molecule has 2 fully saturated rings. The van der Waals surface area contributed by atoms with Crippen molar-refractivity contribution in [1.82, 2.24) is 15.5 Å². The highest BCUT2D eigenvalue weighted by atomic mass is 35.5. The lowest BCUT2D eigenvalue weighted by Gasteiger charge is -2.20. The first kappa shape index (κ1) is 18.6. The van der Waals surface area contributed by atoms with Gasteiger partial charge in [-0.1, -0.05) is 12.8 Å². The number of rotatable bonds is 5. The van der Waals surface area contributed by atoms with Crippen LogP contribution in [0.3, 0.4) is 0 Å². The molecule has 0 atom stereocenters. The number of carbonyl (C=O) groups excluding carboxylic acids is 3. The fraction of sp³-hybridized carbons (Fsp3) is 0.750. The van der Waals surface area contributed by atoms with E-state index in [0.717, 1.165) is 17.7 Å². The second kappa shape index (κ2) is 6.74. The van der Waals surface area contributed by atoms with Crippen LogP contribution in [-0.2, 0) is 9.59 Å². The van der Waals surface area contributed by atoms with Gasteiger partial charge < -0.3 is 16.4 Å². The number of urea groups is 1. The van der Waals surface area contributed by atoms with Gasteiger partial charge in [-0.05, 0) is 12.8 Å². The first-order chi connectivity index (χ1) is 9.80. The van der Waals surface area contributed by atoms with Crippen LogP contribution in [-0.4, -0.2) is 53.8 Å². The van der Waals surface area contributed by atoms with Crippen molar-refractivity contribution in [2.75, 3.05) is 19.6 Å². The van der Waals surface area contributed by atoms with Crippen LogP contribution in [0.15, 0.2) is 0 Å². The molecule has 7 nitrogen and oxygen atoms in total. The Labute approximate surface area is 132 Å². The Hall–Kier alpha value is -1.48. The summed E-state index contributed by atoms with van der Waals surface area (Å²) >= 11 is 0. The Morgan fingerprint density at radius 3 is 2.50 bits per heavy atom. The third-order valence-electron chi connectivity index (χ3n) is 3.85. The average molecular weight is 341 g/mol. The molecule has 10 heteroatoms. The highest BCUT2D eigenvalue weighted by Crippen LogP contribution is 2.34. The number of hydrogen-bond donors (Lipinski definition) is 3. The molecule has 0 radical (unpaired) electrons. The van der Waals surface area contributed by atoms with Crippen molar-refractivity contribution in [2.24, 2.45) is 5.73 Å². The van der Waals surface area contributed by atoms with E-state index >= 15 is 0 Å². The van der Waals surface area contributed by atoms with Crippen LogP contribution in [0.25, 0.3) is 0 Å². The molecule has 126 valence electrons. The Morgan fingerprint density at radius 2 is 1.95 bits per heavy atom. The third kappa shape index (κ3) is 3.64. The van der Waals surface area contributed by atoms with Gasteiger partial charge in [-0.25, -0.2) is 13.6 Å². The summed E-state index contributed by atoms with van der Waals surface area (Å²) in [5, 5.41) is 4.59. The van der Waals surface area contributed by atoms with Crippen molar-refractivity contribution < 1.29 is 23.2 Å². The maximum atomic E-state index is 12.9. The second-order valence-corrected chi connectivity index (χ2v) is 5.45. The number of nitrogens with one attached hydrogen (secondary N) is 2. The SMILES string of the molecule is Cl.NCC(F)(F)CNC(=O)CN1C(=O)NC2(CCCC2)C1=O. The van der Waals surface area contributed by atoms with E-state index in [1.165, 1.54) is 0 Å². The van der Waals surface area contributed by atoms with Gasteiger partial charge in [-0.3, -0.25) is 14.5 Å². The Balaban J connectivity index is 0.00000242. The number of imide groups is 1. The standard InChI is InChI=1S/C12H18F2N4O3.ClH/c13-12(14,6-15)7-16-8(19)5-18-9(20)11(17-10(18)21)3-1-2-4-11;/h1-7,15H2,(H,16,19)(H,17,21);1H. The molecule has 0 aromatic rings. The molecule has 22 heavy (non-hydrogen) atoms. The predicted octanol–water partition coefficient (Wildman–Crippen LogP) is -0.0170. The molecule has 0 aromatic heterocycles. The molecule has 4 N–H and O–H groups in total. The molecule has 0 aromatic carbocycles. The Kier molecular flexibility index (Phi) is 5.69. The number of carbonyl (C=O) groups is 3. The molecule has 1 saturated carbocycles. The van der Waals surface area contributed by atoms with Crippen molar-refractivity contribution in [3.05, 3.63) is 0 Å². The fourth-order valence-corrected chi connectivity index (χ4v) is 2.64. The monoisotopic (exact) mass is 340 g/mol. The van der Waals surface area contributed by atoms with Crippen molar-refractivity contribution >= 4 is 30.3 Å². The number of amides is 4. The molecule has 2 aliphatic rings. The van der Waals surface area contributed by atoms with Crippen LogP contribution < -0.4 is 16.4 Å². The van der Waals surface area contributed by atoms with Gasteiger partial charge in [0.25, 0.3) is 11.8 Å².